The van der Waals surface area contributed by atoms with E-state index in [0.717, 1.165) is 10.8 Å². The number of methoxy groups -OCH3 is 2. The molecule has 7 heteroatoms. The summed E-state index contributed by atoms with van der Waals surface area (Å²) in [6.45, 7) is 0. The van der Waals surface area contributed by atoms with Crippen LogP contribution in [0.25, 0.3) is 10.8 Å². The van der Waals surface area contributed by atoms with Gasteiger partial charge in [-0.2, -0.15) is 5.10 Å². The minimum atomic E-state index is -0.549. The number of ether oxygens (including phenoxy) is 2. The number of hydrogen-bond donors (Lipinski definition) is 3. The van der Waals surface area contributed by atoms with Crippen LogP contribution in [0.4, 0.5) is 0 Å². The number of aromatic hydroxyl groups is 2. The molecule has 0 aliphatic heterocycles. The molecule has 0 aliphatic rings. The molecule has 0 saturated carbocycles. The molecule has 3 aromatic rings. The number of nitrogens with one attached hydrogen (secondary N) is 1. The average molecular weight is 366 g/mol. The number of nitrogens with zero attached hydrogens (tertiary/aromatic N) is 1. The van der Waals surface area contributed by atoms with E-state index in [1.54, 1.807) is 18.2 Å². The summed E-state index contributed by atoms with van der Waals surface area (Å²) in [6.07, 6.45) is 1.38. The number of fused-ring (bicyclic) bond motifs is 1. The van der Waals surface area contributed by atoms with Crippen LogP contribution >= 0.6 is 0 Å². The molecule has 3 N–H and O–H groups in total. The van der Waals surface area contributed by atoms with E-state index in [9.17, 15) is 15.0 Å². The third kappa shape index (κ3) is 3.77. The molecule has 0 aliphatic carbocycles. The number of carbonyl (C=O) groups excluding carboxylic acids is 1. The Bertz CT molecular complexity index is 1010. The molecular formula is C20H18N2O5. The van der Waals surface area contributed by atoms with E-state index in [4.69, 9.17) is 9.47 Å². The van der Waals surface area contributed by atoms with Gasteiger partial charge in [-0.25, -0.2) is 5.43 Å². The smallest absolute Gasteiger partial charge is 0.275 e. The summed E-state index contributed by atoms with van der Waals surface area (Å²) in [7, 11) is 2.83. The van der Waals surface area contributed by atoms with E-state index in [-0.39, 0.29) is 28.6 Å². The maximum Gasteiger partial charge on any atom is 0.275 e. The van der Waals surface area contributed by atoms with Crippen LogP contribution in [0.3, 0.4) is 0 Å². The molecule has 3 rings (SSSR count). The van der Waals surface area contributed by atoms with Crippen molar-refractivity contribution in [3.8, 4) is 23.0 Å². The van der Waals surface area contributed by atoms with E-state index in [2.05, 4.69) is 10.5 Å². The third-order valence-corrected chi connectivity index (χ3v) is 3.99. The Morgan fingerprint density at radius 1 is 1.00 bits per heavy atom. The van der Waals surface area contributed by atoms with Crippen LogP contribution in [-0.2, 0) is 0 Å². The number of benzene rings is 3. The quantitative estimate of drug-likeness (QED) is 0.476. The molecule has 3 aromatic carbocycles. The fourth-order valence-electron chi connectivity index (χ4n) is 2.62. The van der Waals surface area contributed by atoms with Gasteiger partial charge in [-0.1, -0.05) is 24.3 Å². The first kappa shape index (κ1) is 18.1. The van der Waals surface area contributed by atoms with Gasteiger partial charge >= 0.3 is 0 Å². The van der Waals surface area contributed by atoms with Crippen LogP contribution in [0.2, 0.25) is 0 Å². The minimum Gasteiger partial charge on any atom is -0.507 e. The fraction of sp³-hybridized carbons (Fsp3) is 0.100. The maximum absolute atomic E-state index is 12.3. The number of phenols is 2. The van der Waals surface area contributed by atoms with Gasteiger partial charge in [-0.3, -0.25) is 4.79 Å². The van der Waals surface area contributed by atoms with Crippen molar-refractivity contribution in [3.05, 3.63) is 59.7 Å². The first-order chi connectivity index (χ1) is 13.0. The van der Waals surface area contributed by atoms with Crippen molar-refractivity contribution in [2.24, 2.45) is 5.10 Å². The fourth-order valence-corrected chi connectivity index (χ4v) is 2.62. The second-order valence-electron chi connectivity index (χ2n) is 5.69. The first-order valence-corrected chi connectivity index (χ1v) is 8.03. The standard InChI is InChI=1S/C20H18N2O5/c1-26-17-7-12(8-18(27-2)19(17)24)11-21-22-20(25)15-9-13-5-3-4-6-14(13)10-16(15)23/h3-11,23-24H,1-2H3,(H,22,25)/b21-11+. The molecule has 0 heterocycles. The molecule has 0 spiro atoms. The van der Waals surface area contributed by atoms with Gasteiger partial charge in [-0.05, 0) is 35.0 Å². The van der Waals surface area contributed by atoms with Gasteiger partial charge in [0.15, 0.2) is 11.5 Å². The summed E-state index contributed by atoms with van der Waals surface area (Å²) in [4.78, 5) is 12.3. The zero-order chi connectivity index (χ0) is 19.4. The summed E-state index contributed by atoms with van der Waals surface area (Å²) in [5.41, 5.74) is 3.03. The number of carbonyl (C=O) groups is 1. The van der Waals surface area contributed by atoms with Crippen LogP contribution in [0, 0.1) is 0 Å². The number of phenolic OH excluding ortho intramolecular Hbond substituents is 2. The molecule has 7 nitrogen and oxygen atoms in total. The topological polar surface area (TPSA) is 100 Å². The van der Waals surface area contributed by atoms with E-state index in [0.29, 0.717) is 5.56 Å². The normalized spacial score (nSPS) is 10.9. The molecule has 0 radical (unpaired) electrons. The highest BCUT2D eigenvalue weighted by Crippen LogP contribution is 2.36. The lowest BCUT2D eigenvalue weighted by Crippen LogP contribution is -2.17. The van der Waals surface area contributed by atoms with Gasteiger partial charge in [0.25, 0.3) is 5.91 Å². The summed E-state index contributed by atoms with van der Waals surface area (Å²) in [5, 5.41) is 25.5. The van der Waals surface area contributed by atoms with Gasteiger partial charge in [0.05, 0.1) is 26.0 Å². The highest BCUT2D eigenvalue weighted by atomic mass is 16.5. The zero-order valence-corrected chi connectivity index (χ0v) is 14.8. The molecule has 1 amide bonds. The highest BCUT2D eigenvalue weighted by molar-refractivity contribution is 6.01. The van der Waals surface area contributed by atoms with Crippen LogP contribution in [0.5, 0.6) is 23.0 Å². The van der Waals surface area contributed by atoms with Crippen molar-refractivity contribution < 1.29 is 24.5 Å². The number of amides is 1. The molecule has 0 atom stereocenters. The zero-order valence-electron chi connectivity index (χ0n) is 14.8. The Hall–Kier alpha value is -3.74. The van der Waals surface area contributed by atoms with Crippen molar-refractivity contribution in [3.63, 3.8) is 0 Å². The number of hydrazone groups is 1. The van der Waals surface area contributed by atoms with Crippen LogP contribution in [0.15, 0.2) is 53.6 Å². The molecule has 0 saturated heterocycles. The van der Waals surface area contributed by atoms with E-state index < -0.39 is 5.91 Å². The van der Waals surface area contributed by atoms with Crippen molar-refractivity contribution in [1.82, 2.24) is 5.43 Å². The second kappa shape index (κ2) is 7.65. The maximum atomic E-state index is 12.3. The molecule has 27 heavy (non-hydrogen) atoms. The largest absolute Gasteiger partial charge is 0.507 e. The van der Waals surface area contributed by atoms with E-state index in [1.165, 1.54) is 26.5 Å². The monoisotopic (exact) mass is 366 g/mol. The molecule has 0 bridgehead atoms. The molecule has 0 aromatic heterocycles. The number of rotatable bonds is 5. The summed E-state index contributed by atoms with van der Waals surface area (Å²) < 4.78 is 10.1. The summed E-state index contributed by atoms with van der Waals surface area (Å²) in [6, 6.07) is 13.6. The average Bonchev–Trinajstić information content (AvgIpc) is 2.68. The summed E-state index contributed by atoms with van der Waals surface area (Å²) >= 11 is 0. The van der Waals surface area contributed by atoms with Crippen LogP contribution in [0.1, 0.15) is 15.9 Å². The van der Waals surface area contributed by atoms with Crippen LogP contribution < -0.4 is 14.9 Å². The van der Waals surface area contributed by atoms with E-state index >= 15 is 0 Å². The lowest BCUT2D eigenvalue weighted by molar-refractivity contribution is 0.0952. The lowest BCUT2D eigenvalue weighted by atomic mass is 10.1. The minimum absolute atomic E-state index is 0.117. The van der Waals surface area contributed by atoms with Gasteiger partial charge in [0, 0.05) is 5.56 Å². The van der Waals surface area contributed by atoms with Gasteiger partial charge in [-0.15, -0.1) is 0 Å². The van der Waals surface area contributed by atoms with Gasteiger partial charge < -0.3 is 19.7 Å². The Kier molecular flexibility index (Phi) is 5.12. The number of hydrogen-bond acceptors (Lipinski definition) is 6. The predicted octanol–water partition coefficient (Wildman–Crippen LogP) is 3.03. The van der Waals surface area contributed by atoms with Crippen molar-refractivity contribution in [2.45, 2.75) is 0 Å². The Labute approximate surface area is 155 Å². The Morgan fingerprint density at radius 3 is 2.19 bits per heavy atom. The summed E-state index contributed by atoms with van der Waals surface area (Å²) in [5.74, 6) is -0.368. The second-order valence-corrected chi connectivity index (χ2v) is 5.69. The molecule has 0 unspecified atom stereocenters. The lowest BCUT2D eigenvalue weighted by Gasteiger charge is -2.09. The van der Waals surface area contributed by atoms with Gasteiger partial charge in [0.2, 0.25) is 5.75 Å². The van der Waals surface area contributed by atoms with Crippen molar-refractivity contribution in [1.29, 1.82) is 0 Å². The SMILES string of the molecule is COc1cc(/C=N/NC(=O)c2cc3ccccc3cc2O)cc(OC)c1O. The highest BCUT2D eigenvalue weighted by Gasteiger charge is 2.13. The van der Waals surface area contributed by atoms with Crippen molar-refractivity contribution in [2.75, 3.05) is 14.2 Å². The van der Waals surface area contributed by atoms with Crippen molar-refractivity contribution >= 4 is 22.9 Å². The predicted molar refractivity (Wildman–Crippen MR) is 102 cm³/mol. The third-order valence-electron chi connectivity index (χ3n) is 3.99. The molecule has 0 fully saturated rings. The Morgan fingerprint density at radius 2 is 1.59 bits per heavy atom. The first-order valence-electron chi connectivity index (χ1n) is 8.03. The molecular weight excluding hydrogens is 348 g/mol. The Balaban J connectivity index is 1.80. The molecule has 138 valence electrons. The van der Waals surface area contributed by atoms with Crippen LogP contribution in [-0.4, -0.2) is 36.6 Å². The van der Waals surface area contributed by atoms with Gasteiger partial charge in [0.1, 0.15) is 5.75 Å². The van der Waals surface area contributed by atoms with E-state index in [1.807, 2.05) is 24.3 Å².